The Kier molecular flexibility index (Phi) is 4.71. The van der Waals surface area contributed by atoms with Gasteiger partial charge in [-0.05, 0) is 12.0 Å². The number of amides is 1. The molecule has 0 aliphatic carbocycles. The average molecular weight is 287 g/mol. The summed E-state index contributed by atoms with van der Waals surface area (Å²) >= 11 is 0. The number of carbonyl (C=O) groups excluding carboxylic acids is 1. The first-order valence-electron chi connectivity index (χ1n) is 6.70. The first-order chi connectivity index (χ1) is 10.1. The molecular weight excluding hydrogens is 270 g/mol. The Morgan fingerprint density at radius 2 is 2.05 bits per heavy atom. The molecule has 1 amide bonds. The fourth-order valence-electron chi connectivity index (χ4n) is 1.92. The van der Waals surface area contributed by atoms with Crippen molar-refractivity contribution in [2.75, 3.05) is 0 Å². The summed E-state index contributed by atoms with van der Waals surface area (Å²) in [5.41, 5.74) is 1.43. The molecule has 0 aliphatic rings. The van der Waals surface area contributed by atoms with Crippen molar-refractivity contribution in [1.82, 2.24) is 15.1 Å². The molecule has 2 rings (SSSR count). The van der Waals surface area contributed by atoms with E-state index >= 15 is 0 Å². The van der Waals surface area contributed by atoms with Crippen LogP contribution in [0.25, 0.3) is 0 Å². The van der Waals surface area contributed by atoms with Gasteiger partial charge in [0.2, 0.25) is 0 Å². The van der Waals surface area contributed by atoms with E-state index in [4.69, 9.17) is 5.11 Å². The Morgan fingerprint density at radius 3 is 2.67 bits per heavy atom. The van der Waals surface area contributed by atoms with Crippen molar-refractivity contribution in [1.29, 1.82) is 0 Å². The summed E-state index contributed by atoms with van der Waals surface area (Å²) in [5, 5.41) is 15.5. The molecule has 21 heavy (non-hydrogen) atoms. The first-order valence-corrected chi connectivity index (χ1v) is 6.70. The average Bonchev–Trinajstić information content (AvgIpc) is 2.94. The molecule has 6 heteroatoms. The minimum atomic E-state index is -1.04. The second-order valence-corrected chi connectivity index (χ2v) is 4.68. The fourth-order valence-corrected chi connectivity index (χ4v) is 1.92. The Bertz CT molecular complexity index is 622. The minimum Gasteiger partial charge on any atom is -0.480 e. The third-order valence-electron chi connectivity index (χ3n) is 3.09. The maximum Gasteiger partial charge on any atom is 0.326 e. The molecule has 110 valence electrons. The summed E-state index contributed by atoms with van der Waals surface area (Å²) in [6.45, 7) is 2.27. The van der Waals surface area contributed by atoms with Crippen LogP contribution < -0.4 is 5.32 Å². The SMILES string of the molecule is CCC(NC(=O)c1cnn(Cc2ccccc2)c1)C(=O)O. The first kappa shape index (κ1) is 14.8. The zero-order chi connectivity index (χ0) is 15.2. The van der Waals surface area contributed by atoms with Gasteiger partial charge in [-0.15, -0.1) is 0 Å². The number of carbonyl (C=O) groups is 2. The number of carboxylic acid groups (broad SMARTS) is 1. The van der Waals surface area contributed by atoms with Gasteiger partial charge in [0.15, 0.2) is 0 Å². The van der Waals surface area contributed by atoms with Gasteiger partial charge in [0, 0.05) is 6.20 Å². The van der Waals surface area contributed by atoms with E-state index < -0.39 is 17.9 Å². The summed E-state index contributed by atoms with van der Waals surface area (Å²) < 4.78 is 1.64. The number of hydrogen-bond acceptors (Lipinski definition) is 3. The van der Waals surface area contributed by atoms with E-state index in [0.717, 1.165) is 5.56 Å². The third kappa shape index (κ3) is 3.92. The predicted octanol–water partition coefficient (Wildman–Crippen LogP) is 1.52. The molecule has 0 bridgehead atoms. The molecule has 0 radical (unpaired) electrons. The Morgan fingerprint density at radius 1 is 1.33 bits per heavy atom. The number of nitrogens with one attached hydrogen (secondary N) is 1. The van der Waals surface area contributed by atoms with Crippen LogP contribution in [0.4, 0.5) is 0 Å². The lowest BCUT2D eigenvalue weighted by molar-refractivity contribution is -0.139. The Labute approximate surface area is 122 Å². The van der Waals surface area contributed by atoms with Crippen LogP contribution in [0.3, 0.4) is 0 Å². The fraction of sp³-hybridized carbons (Fsp3) is 0.267. The Balaban J connectivity index is 2.02. The number of carboxylic acids is 1. The number of aromatic nitrogens is 2. The smallest absolute Gasteiger partial charge is 0.326 e. The number of hydrogen-bond donors (Lipinski definition) is 2. The van der Waals surface area contributed by atoms with Crippen LogP contribution in [0.5, 0.6) is 0 Å². The molecule has 1 aromatic heterocycles. The van der Waals surface area contributed by atoms with Gasteiger partial charge >= 0.3 is 5.97 Å². The lowest BCUT2D eigenvalue weighted by Crippen LogP contribution is -2.40. The van der Waals surface area contributed by atoms with Crippen molar-refractivity contribution in [2.24, 2.45) is 0 Å². The summed E-state index contributed by atoms with van der Waals surface area (Å²) in [4.78, 5) is 22.9. The second kappa shape index (κ2) is 6.69. The van der Waals surface area contributed by atoms with Gasteiger partial charge in [0.1, 0.15) is 6.04 Å². The summed E-state index contributed by atoms with van der Waals surface area (Å²) in [6.07, 6.45) is 3.38. The number of nitrogens with zero attached hydrogens (tertiary/aromatic N) is 2. The van der Waals surface area contributed by atoms with Crippen molar-refractivity contribution in [3.63, 3.8) is 0 Å². The van der Waals surface area contributed by atoms with Crippen LogP contribution in [0.2, 0.25) is 0 Å². The van der Waals surface area contributed by atoms with Crippen LogP contribution in [0.1, 0.15) is 29.3 Å². The van der Waals surface area contributed by atoms with Crippen molar-refractivity contribution < 1.29 is 14.7 Å². The van der Waals surface area contributed by atoms with Crippen LogP contribution in [-0.2, 0) is 11.3 Å². The molecule has 2 N–H and O–H groups in total. The van der Waals surface area contributed by atoms with Crippen LogP contribution in [0.15, 0.2) is 42.7 Å². The molecule has 1 unspecified atom stereocenters. The van der Waals surface area contributed by atoms with E-state index in [-0.39, 0.29) is 0 Å². The topological polar surface area (TPSA) is 84.2 Å². The van der Waals surface area contributed by atoms with Gasteiger partial charge in [-0.25, -0.2) is 4.79 Å². The maximum absolute atomic E-state index is 12.0. The molecule has 0 fully saturated rings. The quantitative estimate of drug-likeness (QED) is 0.843. The van der Waals surface area contributed by atoms with E-state index in [1.807, 2.05) is 30.3 Å². The van der Waals surface area contributed by atoms with Gasteiger partial charge in [-0.3, -0.25) is 9.48 Å². The molecule has 1 aromatic carbocycles. The van der Waals surface area contributed by atoms with Crippen molar-refractivity contribution in [2.45, 2.75) is 25.9 Å². The van der Waals surface area contributed by atoms with E-state index in [9.17, 15) is 9.59 Å². The second-order valence-electron chi connectivity index (χ2n) is 4.68. The number of benzene rings is 1. The van der Waals surface area contributed by atoms with Crippen LogP contribution in [-0.4, -0.2) is 32.8 Å². The molecule has 0 spiro atoms. The van der Waals surface area contributed by atoms with Crippen molar-refractivity contribution in [3.8, 4) is 0 Å². The van der Waals surface area contributed by atoms with E-state index in [2.05, 4.69) is 10.4 Å². The lowest BCUT2D eigenvalue weighted by atomic mass is 10.2. The van der Waals surface area contributed by atoms with Gasteiger partial charge in [-0.2, -0.15) is 5.10 Å². The maximum atomic E-state index is 12.0. The molecule has 0 aliphatic heterocycles. The predicted molar refractivity (Wildman–Crippen MR) is 77.0 cm³/mol. The number of aliphatic carboxylic acids is 1. The van der Waals surface area contributed by atoms with E-state index in [1.165, 1.54) is 6.20 Å². The molecule has 1 atom stereocenters. The van der Waals surface area contributed by atoms with Crippen molar-refractivity contribution >= 4 is 11.9 Å². The highest BCUT2D eigenvalue weighted by Crippen LogP contribution is 2.05. The van der Waals surface area contributed by atoms with Gasteiger partial charge in [0.05, 0.1) is 18.3 Å². The molecule has 6 nitrogen and oxygen atoms in total. The largest absolute Gasteiger partial charge is 0.480 e. The van der Waals surface area contributed by atoms with Crippen molar-refractivity contribution in [3.05, 3.63) is 53.9 Å². The Hall–Kier alpha value is -2.63. The van der Waals surface area contributed by atoms with Gasteiger partial charge in [0.25, 0.3) is 5.91 Å². The van der Waals surface area contributed by atoms with E-state index in [1.54, 1.807) is 17.8 Å². The lowest BCUT2D eigenvalue weighted by Gasteiger charge is -2.10. The van der Waals surface area contributed by atoms with Gasteiger partial charge < -0.3 is 10.4 Å². The molecule has 2 aromatic rings. The highest BCUT2D eigenvalue weighted by molar-refractivity contribution is 5.96. The number of rotatable bonds is 6. The zero-order valence-corrected chi connectivity index (χ0v) is 11.7. The molecule has 1 heterocycles. The van der Waals surface area contributed by atoms with Crippen LogP contribution in [0, 0.1) is 0 Å². The van der Waals surface area contributed by atoms with E-state index in [0.29, 0.717) is 18.5 Å². The standard InChI is InChI=1S/C15H17N3O3/c1-2-13(15(20)21)17-14(19)12-8-16-18(10-12)9-11-6-4-3-5-7-11/h3-8,10,13H,2,9H2,1H3,(H,17,19)(H,20,21). The molecule has 0 saturated carbocycles. The highest BCUT2D eigenvalue weighted by atomic mass is 16.4. The highest BCUT2D eigenvalue weighted by Gasteiger charge is 2.19. The minimum absolute atomic E-state index is 0.333. The van der Waals surface area contributed by atoms with Crippen LogP contribution >= 0.6 is 0 Å². The zero-order valence-electron chi connectivity index (χ0n) is 11.7. The summed E-state index contributed by atoms with van der Waals surface area (Å²) in [7, 11) is 0. The summed E-state index contributed by atoms with van der Waals surface area (Å²) in [6, 6.07) is 8.87. The molecular formula is C15H17N3O3. The van der Waals surface area contributed by atoms with Gasteiger partial charge in [-0.1, -0.05) is 37.3 Å². The third-order valence-corrected chi connectivity index (χ3v) is 3.09. The normalized spacial score (nSPS) is 11.9. The molecule has 0 saturated heterocycles. The summed E-state index contributed by atoms with van der Waals surface area (Å²) in [5.74, 6) is -1.47. The monoisotopic (exact) mass is 287 g/mol.